The molecule has 0 atom stereocenters. The van der Waals surface area contributed by atoms with Crippen LogP contribution in [0.2, 0.25) is 0 Å². The zero-order valence-corrected chi connectivity index (χ0v) is 12.6. The maximum Gasteiger partial charge on any atom is 0.253 e. The van der Waals surface area contributed by atoms with Crippen molar-refractivity contribution in [3.8, 4) is 0 Å². The molecule has 0 heterocycles. The molecule has 0 unspecified atom stereocenters. The highest BCUT2D eigenvalue weighted by atomic mass is 16.2. The van der Waals surface area contributed by atoms with Crippen molar-refractivity contribution in [2.45, 2.75) is 33.2 Å². The predicted molar refractivity (Wildman–Crippen MR) is 81.6 cm³/mol. The molecule has 0 fully saturated rings. The fourth-order valence-corrected chi connectivity index (χ4v) is 2.11. The first-order valence-corrected chi connectivity index (χ1v) is 6.76. The zero-order valence-electron chi connectivity index (χ0n) is 12.6. The van der Waals surface area contributed by atoms with Gasteiger partial charge in [-0.15, -0.1) is 0 Å². The molecule has 0 aliphatic rings. The second-order valence-electron chi connectivity index (χ2n) is 5.26. The first kappa shape index (κ1) is 15.3. The summed E-state index contributed by atoms with van der Waals surface area (Å²) in [6.07, 6.45) is 1.07. The van der Waals surface area contributed by atoms with Crippen LogP contribution >= 0.6 is 0 Å². The van der Waals surface area contributed by atoms with Crippen LogP contribution in [-0.2, 0) is 0 Å². The quantitative estimate of drug-likeness (QED) is 0.831. The number of nitrogens with two attached hydrogens (primary N) is 1. The number of anilines is 2. The fraction of sp³-hybridized carbons (Fsp3) is 0.533. The largest absolute Gasteiger partial charge is 0.397 e. The van der Waals surface area contributed by atoms with Gasteiger partial charge in [-0.2, -0.15) is 0 Å². The van der Waals surface area contributed by atoms with Crippen LogP contribution in [0, 0.1) is 0 Å². The first-order valence-electron chi connectivity index (χ1n) is 6.76. The van der Waals surface area contributed by atoms with Gasteiger partial charge in [0.05, 0.1) is 11.4 Å². The van der Waals surface area contributed by atoms with Crippen molar-refractivity contribution in [1.82, 2.24) is 4.90 Å². The second-order valence-corrected chi connectivity index (χ2v) is 5.26. The third-order valence-corrected chi connectivity index (χ3v) is 3.08. The SMILES string of the molecule is CCCN(c1ccc(C(=O)N(C)C)cc1N)C(C)C. The summed E-state index contributed by atoms with van der Waals surface area (Å²) in [5.41, 5.74) is 8.42. The maximum absolute atomic E-state index is 11.9. The van der Waals surface area contributed by atoms with Crippen molar-refractivity contribution >= 4 is 17.3 Å². The number of benzene rings is 1. The number of carbonyl (C=O) groups excluding carboxylic acids is 1. The number of amides is 1. The Morgan fingerprint density at radius 2 is 1.95 bits per heavy atom. The Morgan fingerprint density at radius 3 is 2.37 bits per heavy atom. The molecule has 0 aliphatic carbocycles. The van der Waals surface area contributed by atoms with Crippen molar-refractivity contribution in [3.63, 3.8) is 0 Å². The molecule has 0 bridgehead atoms. The first-order chi connectivity index (χ1) is 8.88. The van der Waals surface area contributed by atoms with Gasteiger partial charge in [0.1, 0.15) is 0 Å². The lowest BCUT2D eigenvalue weighted by molar-refractivity contribution is 0.0827. The number of hydrogen-bond donors (Lipinski definition) is 1. The minimum absolute atomic E-state index is 0.0233. The van der Waals surface area contributed by atoms with Gasteiger partial charge < -0.3 is 15.5 Å². The van der Waals surface area contributed by atoms with Gasteiger partial charge in [-0.05, 0) is 38.5 Å². The molecule has 0 aromatic heterocycles. The van der Waals surface area contributed by atoms with E-state index in [0.29, 0.717) is 17.3 Å². The average Bonchev–Trinajstić information content (AvgIpc) is 2.35. The molecule has 0 radical (unpaired) electrons. The topological polar surface area (TPSA) is 49.6 Å². The van der Waals surface area contributed by atoms with E-state index in [0.717, 1.165) is 18.7 Å². The Kier molecular flexibility index (Phi) is 5.21. The highest BCUT2D eigenvalue weighted by Crippen LogP contribution is 2.26. The number of carbonyl (C=O) groups is 1. The summed E-state index contributed by atoms with van der Waals surface area (Å²) < 4.78 is 0. The summed E-state index contributed by atoms with van der Waals surface area (Å²) in [5.74, 6) is -0.0233. The molecular weight excluding hydrogens is 238 g/mol. The predicted octanol–water partition coefficient (Wildman–Crippen LogP) is 2.60. The van der Waals surface area contributed by atoms with Crippen LogP contribution < -0.4 is 10.6 Å². The zero-order chi connectivity index (χ0) is 14.6. The van der Waals surface area contributed by atoms with Crippen molar-refractivity contribution in [2.75, 3.05) is 31.3 Å². The molecule has 1 amide bonds. The Morgan fingerprint density at radius 1 is 1.32 bits per heavy atom. The summed E-state index contributed by atoms with van der Waals surface area (Å²) in [7, 11) is 3.48. The molecule has 1 rings (SSSR count). The molecule has 1 aromatic rings. The molecule has 0 saturated carbocycles. The molecule has 106 valence electrons. The molecule has 19 heavy (non-hydrogen) atoms. The van der Waals surface area contributed by atoms with E-state index in [2.05, 4.69) is 25.7 Å². The summed E-state index contributed by atoms with van der Waals surface area (Å²) in [4.78, 5) is 15.7. The molecule has 4 nitrogen and oxygen atoms in total. The highest BCUT2D eigenvalue weighted by molar-refractivity contribution is 5.95. The number of rotatable bonds is 5. The Hall–Kier alpha value is -1.71. The lowest BCUT2D eigenvalue weighted by Crippen LogP contribution is -2.32. The van der Waals surface area contributed by atoms with E-state index < -0.39 is 0 Å². The molecule has 2 N–H and O–H groups in total. The summed E-state index contributed by atoms with van der Waals surface area (Å²) in [5, 5.41) is 0. The van der Waals surface area contributed by atoms with E-state index in [1.165, 1.54) is 0 Å². The summed E-state index contributed by atoms with van der Waals surface area (Å²) in [6.45, 7) is 7.40. The number of hydrogen-bond acceptors (Lipinski definition) is 3. The molecule has 0 aliphatic heterocycles. The lowest BCUT2D eigenvalue weighted by atomic mass is 10.1. The molecule has 1 aromatic carbocycles. The van der Waals surface area contributed by atoms with Gasteiger partial charge in [-0.25, -0.2) is 0 Å². The van der Waals surface area contributed by atoms with Gasteiger partial charge >= 0.3 is 0 Å². The van der Waals surface area contributed by atoms with Crippen LogP contribution in [0.5, 0.6) is 0 Å². The van der Waals surface area contributed by atoms with Crippen LogP contribution in [0.25, 0.3) is 0 Å². The molecular formula is C15H25N3O. The van der Waals surface area contributed by atoms with Crippen LogP contribution in [0.3, 0.4) is 0 Å². The van der Waals surface area contributed by atoms with Gasteiger partial charge in [0.15, 0.2) is 0 Å². The van der Waals surface area contributed by atoms with Crippen LogP contribution in [-0.4, -0.2) is 37.5 Å². The van der Waals surface area contributed by atoms with E-state index in [4.69, 9.17) is 5.73 Å². The van der Waals surface area contributed by atoms with Crippen LogP contribution in [0.1, 0.15) is 37.6 Å². The Balaban J connectivity index is 3.08. The van der Waals surface area contributed by atoms with Crippen LogP contribution in [0.15, 0.2) is 18.2 Å². The Bertz CT molecular complexity index is 441. The van der Waals surface area contributed by atoms with Gasteiger partial charge in [0.25, 0.3) is 5.91 Å². The van der Waals surface area contributed by atoms with Gasteiger partial charge in [-0.3, -0.25) is 4.79 Å². The number of nitrogen functional groups attached to an aromatic ring is 1. The molecule has 0 saturated heterocycles. The van der Waals surface area contributed by atoms with Crippen molar-refractivity contribution in [3.05, 3.63) is 23.8 Å². The monoisotopic (exact) mass is 263 g/mol. The third kappa shape index (κ3) is 3.63. The van der Waals surface area contributed by atoms with Gasteiger partial charge in [-0.1, -0.05) is 6.92 Å². The third-order valence-electron chi connectivity index (χ3n) is 3.08. The Labute approximate surface area is 116 Å². The normalized spacial score (nSPS) is 10.6. The standard InChI is InChI=1S/C15H25N3O/c1-6-9-18(11(2)3)14-8-7-12(10-13(14)16)15(19)17(4)5/h7-8,10-11H,6,9,16H2,1-5H3. The van der Waals surface area contributed by atoms with Crippen molar-refractivity contribution in [1.29, 1.82) is 0 Å². The fourth-order valence-electron chi connectivity index (χ4n) is 2.11. The van der Waals surface area contributed by atoms with Gasteiger partial charge in [0.2, 0.25) is 0 Å². The highest BCUT2D eigenvalue weighted by Gasteiger charge is 2.15. The summed E-state index contributed by atoms with van der Waals surface area (Å²) in [6, 6.07) is 5.95. The van der Waals surface area contributed by atoms with E-state index in [-0.39, 0.29) is 5.91 Å². The van der Waals surface area contributed by atoms with Crippen molar-refractivity contribution < 1.29 is 4.79 Å². The van der Waals surface area contributed by atoms with E-state index >= 15 is 0 Å². The smallest absolute Gasteiger partial charge is 0.253 e. The molecule has 0 spiro atoms. The maximum atomic E-state index is 11.9. The van der Waals surface area contributed by atoms with Crippen molar-refractivity contribution in [2.24, 2.45) is 0 Å². The minimum atomic E-state index is -0.0233. The minimum Gasteiger partial charge on any atom is -0.397 e. The lowest BCUT2D eigenvalue weighted by Gasteiger charge is -2.30. The number of nitrogens with zero attached hydrogens (tertiary/aromatic N) is 2. The van der Waals surface area contributed by atoms with E-state index in [1.807, 2.05) is 12.1 Å². The average molecular weight is 263 g/mol. The summed E-state index contributed by atoms with van der Waals surface area (Å²) >= 11 is 0. The second kappa shape index (κ2) is 6.45. The van der Waals surface area contributed by atoms with E-state index in [9.17, 15) is 4.79 Å². The van der Waals surface area contributed by atoms with Gasteiger partial charge in [0, 0.05) is 32.2 Å². The molecule has 4 heteroatoms. The van der Waals surface area contributed by atoms with E-state index in [1.54, 1.807) is 25.1 Å². The van der Waals surface area contributed by atoms with Crippen LogP contribution in [0.4, 0.5) is 11.4 Å².